The van der Waals surface area contributed by atoms with Gasteiger partial charge in [-0.3, -0.25) is 4.79 Å². The van der Waals surface area contributed by atoms with E-state index in [9.17, 15) is 4.79 Å². The van der Waals surface area contributed by atoms with E-state index in [1.54, 1.807) is 0 Å². The van der Waals surface area contributed by atoms with Gasteiger partial charge in [0.05, 0.1) is 0 Å². The molecule has 26 heavy (non-hydrogen) atoms. The van der Waals surface area contributed by atoms with Crippen molar-refractivity contribution in [1.82, 2.24) is 5.32 Å². The largest absolute Gasteiger partial charge is 0.371 e. The van der Waals surface area contributed by atoms with Crippen LogP contribution in [0.15, 0.2) is 18.2 Å². The van der Waals surface area contributed by atoms with Crippen LogP contribution in [-0.2, 0) is 4.79 Å². The molecule has 0 bridgehead atoms. The normalized spacial score (nSPS) is 16.0. The van der Waals surface area contributed by atoms with Crippen LogP contribution in [0, 0.1) is 12.8 Å². The van der Waals surface area contributed by atoms with E-state index in [1.165, 1.54) is 11.3 Å². The number of anilines is 1. The molecule has 1 unspecified atom stereocenters. The molecule has 0 radical (unpaired) electrons. The first-order valence-corrected chi connectivity index (χ1v) is 9.46. The average molecular weight is 425 g/mol. The van der Waals surface area contributed by atoms with Gasteiger partial charge in [0, 0.05) is 36.8 Å². The average Bonchev–Trinajstić information content (AvgIpc) is 3.04. The lowest BCUT2D eigenvalue weighted by Crippen LogP contribution is -2.31. The minimum atomic E-state index is 0. The summed E-state index contributed by atoms with van der Waals surface area (Å²) < 4.78 is 0. The Hall–Kier alpha value is -0.680. The van der Waals surface area contributed by atoms with Crippen LogP contribution in [0.1, 0.15) is 44.1 Å². The van der Waals surface area contributed by atoms with E-state index in [0.717, 1.165) is 63.3 Å². The molecule has 1 aromatic rings. The summed E-state index contributed by atoms with van der Waals surface area (Å²) in [4.78, 5) is 14.3. The van der Waals surface area contributed by atoms with Crippen LogP contribution < -0.4 is 16.0 Å². The van der Waals surface area contributed by atoms with Gasteiger partial charge in [-0.05, 0) is 56.3 Å². The molecule has 1 fully saturated rings. The lowest BCUT2D eigenvalue weighted by molar-refractivity contribution is -0.121. The molecule has 150 valence electrons. The Labute approximate surface area is 175 Å². The van der Waals surface area contributed by atoms with E-state index in [0.29, 0.717) is 12.3 Å². The molecule has 0 saturated carbocycles. The molecule has 1 aromatic carbocycles. The number of benzene rings is 1. The van der Waals surface area contributed by atoms with E-state index >= 15 is 0 Å². The zero-order valence-corrected chi connectivity index (χ0v) is 17.9. The first-order chi connectivity index (χ1) is 11.6. The SMILES string of the molecule is Cc1ccc(Cl)cc1N1CCC(CNC(=O)CCCCCCN)C1.Cl.Cl. The van der Waals surface area contributed by atoms with Gasteiger partial charge in [-0.2, -0.15) is 0 Å². The summed E-state index contributed by atoms with van der Waals surface area (Å²) in [5, 5.41) is 3.88. The molecule has 0 aromatic heterocycles. The van der Waals surface area contributed by atoms with Crippen LogP contribution in [0.5, 0.6) is 0 Å². The molecule has 1 heterocycles. The fourth-order valence-corrected chi connectivity index (χ4v) is 3.44. The van der Waals surface area contributed by atoms with Gasteiger partial charge in [-0.25, -0.2) is 0 Å². The van der Waals surface area contributed by atoms with Crippen molar-refractivity contribution >= 4 is 48.0 Å². The number of amides is 1. The standard InChI is InChI=1S/C19H30ClN3O.2ClH/c1-15-7-8-17(20)12-18(15)23-11-9-16(14-23)13-22-19(24)6-4-2-3-5-10-21;;/h7-8,12,16H,2-6,9-11,13-14,21H2,1H3,(H,22,24);2*1H. The Morgan fingerprint density at radius 2 is 2.00 bits per heavy atom. The van der Waals surface area contributed by atoms with Crippen LogP contribution in [0.3, 0.4) is 0 Å². The number of hydrogen-bond donors (Lipinski definition) is 2. The molecule has 1 saturated heterocycles. The molecule has 1 aliphatic rings. The molecule has 1 atom stereocenters. The molecule has 4 nitrogen and oxygen atoms in total. The first-order valence-electron chi connectivity index (χ1n) is 9.08. The van der Waals surface area contributed by atoms with Gasteiger partial charge in [0.15, 0.2) is 0 Å². The van der Waals surface area contributed by atoms with E-state index in [1.807, 2.05) is 12.1 Å². The number of unbranched alkanes of at least 4 members (excludes halogenated alkanes) is 3. The van der Waals surface area contributed by atoms with E-state index in [4.69, 9.17) is 17.3 Å². The smallest absolute Gasteiger partial charge is 0.220 e. The van der Waals surface area contributed by atoms with E-state index in [-0.39, 0.29) is 30.7 Å². The second-order valence-corrected chi connectivity index (χ2v) is 7.22. The highest BCUT2D eigenvalue weighted by Gasteiger charge is 2.24. The van der Waals surface area contributed by atoms with Crippen molar-refractivity contribution in [3.63, 3.8) is 0 Å². The third-order valence-electron chi connectivity index (χ3n) is 4.74. The Kier molecular flexibility index (Phi) is 13.1. The van der Waals surface area contributed by atoms with Crippen LogP contribution in [0.25, 0.3) is 0 Å². The monoisotopic (exact) mass is 423 g/mol. The van der Waals surface area contributed by atoms with Crippen LogP contribution >= 0.6 is 36.4 Å². The Morgan fingerprint density at radius 1 is 1.27 bits per heavy atom. The van der Waals surface area contributed by atoms with Crippen molar-refractivity contribution < 1.29 is 4.79 Å². The van der Waals surface area contributed by atoms with Gasteiger partial charge in [0.25, 0.3) is 0 Å². The van der Waals surface area contributed by atoms with E-state index in [2.05, 4.69) is 23.2 Å². The number of hydrogen-bond acceptors (Lipinski definition) is 3. The van der Waals surface area contributed by atoms with Gasteiger partial charge in [0.2, 0.25) is 5.91 Å². The summed E-state index contributed by atoms with van der Waals surface area (Å²) in [7, 11) is 0. The minimum Gasteiger partial charge on any atom is -0.371 e. The fraction of sp³-hybridized carbons (Fsp3) is 0.632. The van der Waals surface area contributed by atoms with Crippen molar-refractivity contribution in [2.75, 3.05) is 31.1 Å². The number of aryl methyl sites for hydroxylation is 1. The van der Waals surface area contributed by atoms with Gasteiger partial charge < -0.3 is 16.0 Å². The number of nitrogens with one attached hydrogen (secondary N) is 1. The molecule has 2 rings (SSSR count). The number of rotatable bonds is 9. The summed E-state index contributed by atoms with van der Waals surface area (Å²) in [5.74, 6) is 0.699. The summed E-state index contributed by atoms with van der Waals surface area (Å²) in [6, 6.07) is 6.04. The highest BCUT2D eigenvalue weighted by molar-refractivity contribution is 6.30. The lowest BCUT2D eigenvalue weighted by atomic mass is 10.1. The molecule has 0 aliphatic carbocycles. The fourth-order valence-electron chi connectivity index (χ4n) is 3.27. The number of nitrogens with two attached hydrogens (primary N) is 1. The number of carbonyl (C=O) groups excluding carboxylic acids is 1. The molecule has 0 spiro atoms. The maximum absolute atomic E-state index is 11.9. The summed E-state index contributed by atoms with van der Waals surface area (Å²) >= 11 is 6.12. The van der Waals surface area contributed by atoms with Crippen molar-refractivity contribution in [2.45, 2.75) is 45.4 Å². The van der Waals surface area contributed by atoms with Crippen molar-refractivity contribution in [1.29, 1.82) is 0 Å². The maximum Gasteiger partial charge on any atom is 0.220 e. The topological polar surface area (TPSA) is 58.4 Å². The first kappa shape index (κ1) is 25.3. The Balaban J connectivity index is 0.00000312. The minimum absolute atomic E-state index is 0. The third-order valence-corrected chi connectivity index (χ3v) is 4.98. The second-order valence-electron chi connectivity index (χ2n) is 6.79. The van der Waals surface area contributed by atoms with E-state index < -0.39 is 0 Å². The van der Waals surface area contributed by atoms with Gasteiger partial charge >= 0.3 is 0 Å². The van der Waals surface area contributed by atoms with Crippen molar-refractivity contribution in [2.24, 2.45) is 11.7 Å². The predicted molar refractivity (Wildman–Crippen MR) is 116 cm³/mol. The molecular weight excluding hydrogens is 393 g/mol. The molecule has 1 amide bonds. The van der Waals surface area contributed by atoms with Crippen molar-refractivity contribution in [3.8, 4) is 0 Å². The summed E-state index contributed by atoms with van der Waals surface area (Å²) in [6.07, 6.45) is 5.99. The second kappa shape index (κ2) is 13.5. The zero-order valence-electron chi connectivity index (χ0n) is 15.5. The van der Waals surface area contributed by atoms with Crippen LogP contribution in [-0.4, -0.2) is 32.1 Å². The molecular formula is C19H32Cl3N3O. The third kappa shape index (κ3) is 8.34. The highest BCUT2D eigenvalue weighted by atomic mass is 35.5. The quantitative estimate of drug-likeness (QED) is 0.580. The number of carbonyl (C=O) groups is 1. The van der Waals surface area contributed by atoms with Crippen LogP contribution in [0.4, 0.5) is 5.69 Å². The maximum atomic E-state index is 11.9. The summed E-state index contributed by atoms with van der Waals surface area (Å²) in [5.41, 5.74) is 7.94. The number of halogens is 3. The molecule has 3 N–H and O–H groups in total. The lowest BCUT2D eigenvalue weighted by Gasteiger charge is -2.21. The van der Waals surface area contributed by atoms with Crippen molar-refractivity contribution in [3.05, 3.63) is 28.8 Å². The van der Waals surface area contributed by atoms with Gasteiger partial charge in [-0.15, -0.1) is 24.8 Å². The summed E-state index contributed by atoms with van der Waals surface area (Å²) in [6.45, 7) is 5.65. The van der Waals surface area contributed by atoms with Gasteiger partial charge in [-0.1, -0.05) is 30.5 Å². The molecule has 7 heteroatoms. The Bertz CT molecular complexity index is 543. The van der Waals surface area contributed by atoms with Crippen LogP contribution in [0.2, 0.25) is 5.02 Å². The molecule has 1 aliphatic heterocycles. The zero-order chi connectivity index (χ0) is 17.4. The predicted octanol–water partition coefficient (Wildman–Crippen LogP) is 4.34. The Morgan fingerprint density at radius 3 is 2.73 bits per heavy atom. The number of nitrogens with zero attached hydrogens (tertiary/aromatic N) is 1. The highest BCUT2D eigenvalue weighted by Crippen LogP contribution is 2.29. The van der Waals surface area contributed by atoms with Gasteiger partial charge in [0.1, 0.15) is 0 Å².